The Hall–Kier alpha value is -1.26. The molecular formula is C9H19N5. The fourth-order valence-electron chi connectivity index (χ4n) is 1.12. The number of rotatable bonds is 1. The summed E-state index contributed by atoms with van der Waals surface area (Å²) in [6, 6.07) is 0. The molecule has 14 heavy (non-hydrogen) atoms. The van der Waals surface area contributed by atoms with E-state index in [9.17, 15) is 0 Å². The summed E-state index contributed by atoms with van der Waals surface area (Å²) in [4.78, 5) is 12.8. The lowest BCUT2D eigenvalue weighted by Gasteiger charge is -2.28. The average Bonchev–Trinajstić information content (AvgIpc) is 2.15. The van der Waals surface area contributed by atoms with Gasteiger partial charge in [-0.1, -0.05) is 0 Å². The molecule has 1 heterocycles. The summed E-state index contributed by atoms with van der Waals surface area (Å²) in [6.07, 6.45) is -0.00218. The van der Waals surface area contributed by atoms with Crippen molar-refractivity contribution in [3.05, 3.63) is 0 Å². The van der Waals surface area contributed by atoms with Crippen LogP contribution in [0.4, 0.5) is 0 Å². The molecule has 5 nitrogen and oxygen atoms in total. The Morgan fingerprint density at radius 1 is 1.21 bits per heavy atom. The van der Waals surface area contributed by atoms with Crippen LogP contribution in [0.1, 0.15) is 13.8 Å². The number of hydrogen-bond acceptors (Lipinski definition) is 5. The average molecular weight is 197 g/mol. The monoisotopic (exact) mass is 197 g/mol. The second-order valence-electron chi connectivity index (χ2n) is 3.57. The lowest BCUT2D eigenvalue weighted by molar-refractivity contribution is 0.495. The van der Waals surface area contributed by atoms with Crippen molar-refractivity contribution in [3.63, 3.8) is 0 Å². The lowest BCUT2D eigenvalue weighted by Crippen LogP contribution is -2.50. The summed E-state index contributed by atoms with van der Waals surface area (Å²) >= 11 is 0. The normalized spacial score (nSPS) is 20.8. The van der Waals surface area contributed by atoms with Gasteiger partial charge in [-0.05, 0) is 13.8 Å². The smallest absolute Gasteiger partial charge is 0.202 e. The summed E-state index contributed by atoms with van der Waals surface area (Å²) in [6.45, 7) is 5.00. The van der Waals surface area contributed by atoms with Crippen LogP contribution < -0.4 is 5.32 Å². The van der Waals surface area contributed by atoms with Gasteiger partial charge in [-0.3, -0.25) is 5.32 Å². The van der Waals surface area contributed by atoms with Gasteiger partial charge in [0.15, 0.2) is 0 Å². The van der Waals surface area contributed by atoms with Crippen LogP contribution in [0, 0.1) is 0 Å². The molecule has 0 amide bonds. The highest BCUT2D eigenvalue weighted by Crippen LogP contribution is 2.01. The number of nitrogens with zero attached hydrogens (tertiary/aromatic N) is 4. The molecule has 0 saturated heterocycles. The van der Waals surface area contributed by atoms with Gasteiger partial charge < -0.3 is 9.80 Å². The van der Waals surface area contributed by atoms with Crippen molar-refractivity contribution in [1.82, 2.24) is 15.1 Å². The first kappa shape index (κ1) is 10.8. The van der Waals surface area contributed by atoms with Gasteiger partial charge in [0.25, 0.3) is 0 Å². The standard InChI is InChI=1S/C9H19N5/c1-6-14(5)9-11-7(2)10-8(12-9)13(3)4/h7H,6H2,1-5H3,(H,10,11,12). The van der Waals surface area contributed by atoms with Crippen molar-refractivity contribution in [2.45, 2.75) is 20.0 Å². The summed E-state index contributed by atoms with van der Waals surface area (Å²) < 4.78 is 0. The lowest BCUT2D eigenvalue weighted by atomic mass is 10.5. The van der Waals surface area contributed by atoms with Crippen LogP contribution >= 0.6 is 0 Å². The SMILES string of the molecule is CCN(C)C1=NC(C)N=C(N(C)C)N1. The van der Waals surface area contributed by atoms with E-state index >= 15 is 0 Å². The van der Waals surface area contributed by atoms with E-state index in [1.807, 2.05) is 33.0 Å². The zero-order valence-corrected chi connectivity index (χ0v) is 9.57. The van der Waals surface area contributed by atoms with Crippen LogP contribution in [0.5, 0.6) is 0 Å². The molecule has 5 heteroatoms. The molecular weight excluding hydrogens is 178 g/mol. The van der Waals surface area contributed by atoms with Crippen molar-refractivity contribution in [2.75, 3.05) is 27.7 Å². The van der Waals surface area contributed by atoms with Gasteiger partial charge in [-0.15, -0.1) is 0 Å². The maximum Gasteiger partial charge on any atom is 0.202 e. The van der Waals surface area contributed by atoms with Crippen molar-refractivity contribution in [1.29, 1.82) is 0 Å². The van der Waals surface area contributed by atoms with Gasteiger partial charge in [-0.25, -0.2) is 9.98 Å². The van der Waals surface area contributed by atoms with E-state index in [4.69, 9.17) is 0 Å². The van der Waals surface area contributed by atoms with E-state index in [-0.39, 0.29) is 6.17 Å². The zero-order chi connectivity index (χ0) is 10.7. The first-order valence-electron chi connectivity index (χ1n) is 4.85. The fraction of sp³-hybridized carbons (Fsp3) is 0.778. The summed E-state index contributed by atoms with van der Waals surface area (Å²) in [7, 11) is 5.94. The first-order chi connectivity index (χ1) is 6.54. The van der Waals surface area contributed by atoms with Gasteiger partial charge in [0.2, 0.25) is 11.9 Å². The largest absolute Gasteiger partial charge is 0.349 e. The molecule has 0 aliphatic carbocycles. The van der Waals surface area contributed by atoms with E-state index in [0.29, 0.717) is 0 Å². The molecule has 0 aromatic carbocycles. The molecule has 0 spiro atoms. The van der Waals surface area contributed by atoms with E-state index in [1.54, 1.807) is 0 Å². The molecule has 1 aliphatic heterocycles. The Kier molecular flexibility index (Phi) is 3.33. The highest BCUT2D eigenvalue weighted by atomic mass is 15.4. The van der Waals surface area contributed by atoms with Crippen molar-refractivity contribution in [3.8, 4) is 0 Å². The molecule has 1 unspecified atom stereocenters. The third kappa shape index (κ3) is 2.37. The van der Waals surface area contributed by atoms with E-state index < -0.39 is 0 Å². The highest BCUT2D eigenvalue weighted by molar-refractivity contribution is 5.99. The molecule has 1 N–H and O–H groups in total. The van der Waals surface area contributed by atoms with Gasteiger partial charge in [-0.2, -0.15) is 0 Å². The summed E-state index contributed by atoms with van der Waals surface area (Å²) in [5.41, 5.74) is 0. The van der Waals surface area contributed by atoms with Crippen LogP contribution in [0.15, 0.2) is 9.98 Å². The number of aliphatic imine (C=N–C) groups is 2. The minimum Gasteiger partial charge on any atom is -0.349 e. The summed E-state index contributed by atoms with van der Waals surface area (Å²) in [5.74, 6) is 1.75. The Bertz CT molecular complexity index is 256. The van der Waals surface area contributed by atoms with Crippen molar-refractivity contribution in [2.24, 2.45) is 9.98 Å². The predicted octanol–water partition coefficient (Wildman–Crippen LogP) is 0.161. The molecule has 1 rings (SSSR count). The van der Waals surface area contributed by atoms with E-state index in [0.717, 1.165) is 18.5 Å². The van der Waals surface area contributed by atoms with Crippen LogP contribution in [0.25, 0.3) is 0 Å². The second-order valence-corrected chi connectivity index (χ2v) is 3.57. The number of hydrogen-bond donors (Lipinski definition) is 1. The molecule has 80 valence electrons. The van der Waals surface area contributed by atoms with Crippen LogP contribution in [0.3, 0.4) is 0 Å². The molecule has 1 aliphatic rings. The molecule has 0 aromatic heterocycles. The fourth-order valence-corrected chi connectivity index (χ4v) is 1.12. The van der Waals surface area contributed by atoms with E-state index in [1.165, 1.54) is 0 Å². The van der Waals surface area contributed by atoms with Crippen LogP contribution in [0.2, 0.25) is 0 Å². The third-order valence-electron chi connectivity index (χ3n) is 2.10. The van der Waals surface area contributed by atoms with Crippen LogP contribution in [-0.2, 0) is 0 Å². The van der Waals surface area contributed by atoms with Crippen LogP contribution in [-0.4, -0.2) is 55.6 Å². The van der Waals surface area contributed by atoms with Gasteiger partial charge >= 0.3 is 0 Å². The number of nitrogens with one attached hydrogen (secondary N) is 1. The molecule has 0 fully saturated rings. The van der Waals surface area contributed by atoms with Crippen molar-refractivity contribution < 1.29 is 0 Å². The highest BCUT2D eigenvalue weighted by Gasteiger charge is 2.16. The van der Waals surface area contributed by atoms with Gasteiger partial charge in [0.1, 0.15) is 6.17 Å². The minimum atomic E-state index is -0.00218. The number of guanidine groups is 2. The van der Waals surface area contributed by atoms with Gasteiger partial charge in [0, 0.05) is 27.7 Å². The molecule has 1 atom stereocenters. The zero-order valence-electron chi connectivity index (χ0n) is 9.57. The first-order valence-corrected chi connectivity index (χ1v) is 4.85. The summed E-state index contributed by atoms with van der Waals surface area (Å²) in [5, 5.41) is 3.19. The molecule has 0 radical (unpaired) electrons. The quantitative estimate of drug-likeness (QED) is 0.651. The molecule has 0 saturated carbocycles. The Morgan fingerprint density at radius 3 is 2.29 bits per heavy atom. The predicted molar refractivity (Wildman–Crippen MR) is 59.5 cm³/mol. The second kappa shape index (κ2) is 4.30. The molecule has 0 aromatic rings. The molecule has 0 bridgehead atoms. The Balaban J connectivity index is 2.74. The Morgan fingerprint density at radius 2 is 1.79 bits per heavy atom. The van der Waals surface area contributed by atoms with Crippen molar-refractivity contribution >= 4 is 11.9 Å². The van der Waals surface area contributed by atoms with E-state index in [2.05, 4.69) is 27.1 Å². The maximum atomic E-state index is 4.40. The maximum absolute atomic E-state index is 4.40. The topological polar surface area (TPSA) is 43.2 Å². The minimum absolute atomic E-state index is 0.00218. The Labute approximate surface area is 85.5 Å². The third-order valence-corrected chi connectivity index (χ3v) is 2.10. The van der Waals surface area contributed by atoms with Gasteiger partial charge in [0.05, 0.1) is 0 Å².